The second kappa shape index (κ2) is 9.36. The number of benzene rings is 1. The Morgan fingerprint density at radius 1 is 1.28 bits per heavy atom. The first kappa shape index (κ1) is 20.1. The lowest BCUT2D eigenvalue weighted by Crippen LogP contribution is -2.50. The first-order valence-electron chi connectivity index (χ1n) is 7.69. The van der Waals surface area contributed by atoms with E-state index in [2.05, 4.69) is 15.4 Å². The Balaban J connectivity index is 2.61. The highest BCUT2D eigenvalue weighted by atomic mass is 16.6. The fourth-order valence-electron chi connectivity index (χ4n) is 2.09. The number of carbonyl (C=O) groups is 3. The van der Waals surface area contributed by atoms with Gasteiger partial charge in [0.05, 0.1) is 18.5 Å². The lowest BCUT2D eigenvalue weighted by Gasteiger charge is -2.18. The Hall–Kier alpha value is -2.97. The third-order valence-electron chi connectivity index (χ3n) is 3.47. The highest BCUT2D eigenvalue weighted by Crippen LogP contribution is 2.13. The summed E-state index contributed by atoms with van der Waals surface area (Å²) in [6.07, 6.45) is 0.250. The average molecular weight is 351 g/mol. The monoisotopic (exact) mass is 351 g/mol. The molecule has 0 aliphatic rings. The van der Waals surface area contributed by atoms with Crippen molar-refractivity contribution in [3.05, 3.63) is 39.9 Å². The summed E-state index contributed by atoms with van der Waals surface area (Å²) in [4.78, 5) is 45.7. The van der Waals surface area contributed by atoms with Gasteiger partial charge in [0.1, 0.15) is 12.1 Å². The van der Waals surface area contributed by atoms with Crippen LogP contribution in [0.15, 0.2) is 24.3 Å². The molecule has 9 heteroatoms. The third kappa shape index (κ3) is 6.21. The van der Waals surface area contributed by atoms with Crippen LogP contribution in [0.4, 0.5) is 5.69 Å². The number of hydrogen-bond acceptors (Lipinski definition) is 6. The molecule has 0 saturated carbocycles. The minimum Gasteiger partial charge on any atom is -0.467 e. The molecule has 2 amide bonds. The number of nitro benzene ring substituents is 1. The minimum atomic E-state index is -0.870. The van der Waals surface area contributed by atoms with Crippen molar-refractivity contribution in [2.24, 2.45) is 0 Å². The number of nitrogens with one attached hydrogen (secondary N) is 2. The van der Waals surface area contributed by atoms with E-state index in [1.807, 2.05) is 0 Å². The number of nitrogens with zero attached hydrogens (tertiary/aromatic N) is 1. The van der Waals surface area contributed by atoms with Gasteiger partial charge in [0, 0.05) is 12.1 Å². The molecular formula is C16H21N3O6. The van der Waals surface area contributed by atoms with Crippen molar-refractivity contribution in [2.45, 2.75) is 38.8 Å². The maximum atomic E-state index is 12.0. The Labute approximate surface area is 144 Å². The third-order valence-corrected chi connectivity index (χ3v) is 3.47. The number of methoxy groups -OCH3 is 1. The van der Waals surface area contributed by atoms with E-state index in [1.165, 1.54) is 32.2 Å². The van der Waals surface area contributed by atoms with Gasteiger partial charge in [-0.3, -0.25) is 19.7 Å². The van der Waals surface area contributed by atoms with Crippen LogP contribution >= 0.6 is 0 Å². The zero-order valence-electron chi connectivity index (χ0n) is 14.3. The van der Waals surface area contributed by atoms with E-state index >= 15 is 0 Å². The van der Waals surface area contributed by atoms with Crippen LogP contribution in [0.1, 0.15) is 25.8 Å². The Kier molecular flexibility index (Phi) is 7.51. The Morgan fingerprint density at radius 3 is 2.52 bits per heavy atom. The highest BCUT2D eigenvalue weighted by molar-refractivity contribution is 5.90. The van der Waals surface area contributed by atoms with E-state index in [4.69, 9.17) is 0 Å². The van der Waals surface area contributed by atoms with Crippen LogP contribution in [0.25, 0.3) is 0 Å². The Bertz CT molecular complexity index is 661. The number of rotatable bonds is 8. The predicted molar refractivity (Wildman–Crippen MR) is 88.6 cm³/mol. The summed E-state index contributed by atoms with van der Waals surface area (Å²) in [5.41, 5.74) is 0.347. The molecule has 0 spiro atoms. The standard InChI is InChI=1S/C16H21N3O6/c1-4-13(16(22)25-3)18-15(21)10(2)17-14(20)9-11-6-5-7-12(8-11)19(23)24/h5-8,10,13H,4,9H2,1-3H3,(H,17,20)(H,18,21)/t10-,13-/m0/s1. The maximum absolute atomic E-state index is 12.0. The van der Waals surface area contributed by atoms with Crippen LogP contribution in [0.2, 0.25) is 0 Å². The quantitative estimate of drug-likeness (QED) is 0.403. The maximum Gasteiger partial charge on any atom is 0.328 e. The van der Waals surface area contributed by atoms with Crippen molar-refractivity contribution in [3.8, 4) is 0 Å². The fourth-order valence-corrected chi connectivity index (χ4v) is 2.09. The minimum absolute atomic E-state index is 0.104. The summed E-state index contributed by atoms with van der Waals surface area (Å²) in [5, 5.41) is 15.7. The van der Waals surface area contributed by atoms with Crippen LogP contribution in [0.3, 0.4) is 0 Å². The van der Waals surface area contributed by atoms with Crippen LogP contribution in [-0.4, -0.2) is 41.9 Å². The Morgan fingerprint density at radius 2 is 1.96 bits per heavy atom. The second-order valence-corrected chi connectivity index (χ2v) is 5.39. The van der Waals surface area contributed by atoms with Crippen molar-refractivity contribution < 1.29 is 24.0 Å². The number of ether oxygens (including phenoxy) is 1. The summed E-state index contributed by atoms with van der Waals surface area (Å²) in [7, 11) is 1.22. The van der Waals surface area contributed by atoms with E-state index in [0.29, 0.717) is 12.0 Å². The van der Waals surface area contributed by atoms with Gasteiger partial charge in [-0.15, -0.1) is 0 Å². The molecule has 0 aliphatic carbocycles. The van der Waals surface area contributed by atoms with Crippen molar-refractivity contribution >= 4 is 23.5 Å². The van der Waals surface area contributed by atoms with Gasteiger partial charge in [-0.2, -0.15) is 0 Å². The lowest BCUT2D eigenvalue weighted by molar-refractivity contribution is -0.384. The summed E-state index contributed by atoms with van der Waals surface area (Å²) in [5.74, 6) is -1.55. The van der Waals surface area contributed by atoms with E-state index < -0.39 is 34.8 Å². The molecule has 136 valence electrons. The second-order valence-electron chi connectivity index (χ2n) is 5.39. The van der Waals surface area contributed by atoms with Gasteiger partial charge in [0.25, 0.3) is 5.69 Å². The SMILES string of the molecule is CC[C@H](NC(=O)[C@H](C)NC(=O)Cc1cccc([N+](=O)[O-])c1)C(=O)OC. The molecule has 0 aliphatic heterocycles. The zero-order valence-corrected chi connectivity index (χ0v) is 14.3. The first-order valence-corrected chi connectivity index (χ1v) is 7.69. The number of carbonyl (C=O) groups excluding carboxylic acids is 3. The molecule has 2 atom stereocenters. The smallest absolute Gasteiger partial charge is 0.328 e. The van der Waals surface area contributed by atoms with Crippen LogP contribution in [0, 0.1) is 10.1 Å². The van der Waals surface area contributed by atoms with Gasteiger partial charge >= 0.3 is 5.97 Å². The van der Waals surface area contributed by atoms with Crippen LogP contribution in [-0.2, 0) is 25.5 Å². The summed E-state index contributed by atoms with van der Waals surface area (Å²) in [6.45, 7) is 3.19. The zero-order chi connectivity index (χ0) is 19.0. The van der Waals surface area contributed by atoms with Gasteiger partial charge in [0.2, 0.25) is 11.8 Å². The summed E-state index contributed by atoms with van der Waals surface area (Å²) < 4.78 is 4.58. The number of amides is 2. The molecule has 1 aromatic carbocycles. The number of non-ortho nitro benzene ring substituents is 1. The van der Waals surface area contributed by atoms with Crippen LogP contribution < -0.4 is 10.6 Å². The lowest BCUT2D eigenvalue weighted by atomic mass is 10.1. The normalized spacial score (nSPS) is 12.6. The molecule has 0 bridgehead atoms. The average Bonchev–Trinajstić information content (AvgIpc) is 2.58. The molecule has 0 saturated heterocycles. The van der Waals surface area contributed by atoms with Gasteiger partial charge in [-0.1, -0.05) is 19.1 Å². The first-order chi connectivity index (χ1) is 11.8. The predicted octanol–water partition coefficient (Wildman–Crippen LogP) is 0.710. The number of esters is 1. The summed E-state index contributed by atoms with van der Waals surface area (Å²) in [6, 6.07) is 4.04. The van der Waals surface area contributed by atoms with Gasteiger partial charge in [0.15, 0.2) is 0 Å². The molecule has 1 rings (SSSR count). The van der Waals surface area contributed by atoms with Crippen molar-refractivity contribution in [2.75, 3.05) is 7.11 Å². The van der Waals surface area contributed by atoms with Crippen molar-refractivity contribution in [1.82, 2.24) is 10.6 Å². The van der Waals surface area contributed by atoms with E-state index in [-0.39, 0.29) is 12.1 Å². The molecule has 9 nitrogen and oxygen atoms in total. The van der Waals surface area contributed by atoms with E-state index in [0.717, 1.165) is 0 Å². The number of nitro groups is 1. The molecule has 0 fully saturated rings. The van der Waals surface area contributed by atoms with E-state index in [9.17, 15) is 24.5 Å². The topological polar surface area (TPSA) is 128 Å². The number of hydrogen-bond donors (Lipinski definition) is 2. The molecule has 0 radical (unpaired) electrons. The van der Waals surface area contributed by atoms with Gasteiger partial charge in [-0.05, 0) is 18.9 Å². The fraction of sp³-hybridized carbons (Fsp3) is 0.438. The molecule has 0 heterocycles. The highest BCUT2D eigenvalue weighted by Gasteiger charge is 2.23. The molecular weight excluding hydrogens is 330 g/mol. The molecule has 0 unspecified atom stereocenters. The van der Waals surface area contributed by atoms with E-state index in [1.54, 1.807) is 13.0 Å². The van der Waals surface area contributed by atoms with Crippen molar-refractivity contribution in [1.29, 1.82) is 0 Å². The molecule has 25 heavy (non-hydrogen) atoms. The van der Waals surface area contributed by atoms with Gasteiger partial charge < -0.3 is 15.4 Å². The summed E-state index contributed by atoms with van der Waals surface area (Å²) >= 11 is 0. The van der Waals surface area contributed by atoms with Crippen molar-refractivity contribution in [3.63, 3.8) is 0 Å². The largest absolute Gasteiger partial charge is 0.467 e. The molecule has 2 N–H and O–H groups in total. The van der Waals surface area contributed by atoms with Crippen LogP contribution in [0.5, 0.6) is 0 Å². The molecule has 0 aromatic heterocycles. The molecule has 1 aromatic rings. The van der Waals surface area contributed by atoms with Gasteiger partial charge in [-0.25, -0.2) is 4.79 Å².